The number of nitrogens with zero attached hydrogens (tertiary/aromatic N) is 7. The molecule has 4 rings (SSSR count). The number of benzene rings is 1. The van der Waals surface area contributed by atoms with Crippen LogP contribution in [0, 0.1) is 6.92 Å². The number of amides is 1. The highest BCUT2D eigenvalue weighted by Gasteiger charge is 2.26. The zero-order chi connectivity index (χ0) is 29.2. The van der Waals surface area contributed by atoms with Crippen molar-refractivity contribution in [3.63, 3.8) is 0 Å². The van der Waals surface area contributed by atoms with Crippen molar-refractivity contribution < 1.29 is 4.79 Å². The molecule has 2 aromatic rings. The molecule has 9 heteroatoms. The first-order valence-electron chi connectivity index (χ1n) is 14.6. The van der Waals surface area contributed by atoms with Gasteiger partial charge in [0.1, 0.15) is 17.6 Å². The lowest BCUT2D eigenvalue weighted by Crippen LogP contribution is -2.47. The van der Waals surface area contributed by atoms with Crippen molar-refractivity contribution in [2.75, 3.05) is 55.6 Å². The van der Waals surface area contributed by atoms with E-state index in [2.05, 4.69) is 80.8 Å². The molecule has 1 aromatic carbocycles. The average molecular weight is 557 g/mol. The van der Waals surface area contributed by atoms with E-state index >= 15 is 0 Å². The van der Waals surface area contributed by atoms with Gasteiger partial charge < -0.3 is 24.9 Å². The Morgan fingerprint density at radius 2 is 1.78 bits per heavy atom. The molecule has 0 saturated carbocycles. The zero-order valence-corrected chi connectivity index (χ0v) is 24.8. The minimum absolute atomic E-state index is 0.0606. The van der Waals surface area contributed by atoms with Gasteiger partial charge in [-0.1, -0.05) is 12.1 Å². The van der Waals surface area contributed by atoms with Crippen LogP contribution in [0.25, 0.3) is 5.70 Å². The molecule has 1 atom stereocenters. The van der Waals surface area contributed by atoms with Crippen molar-refractivity contribution in [3.05, 3.63) is 72.1 Å². The van der Waals surface area contributed by atoms with E-state index in [1.165, 1.54) is 24.2 Å². The molecule has 1 N–H and O–H groups in total. The Bertz CT molecular complexity index is 1250. The Morgan fingerprint density at radius 3 is 2.44 bits per heavy atom. The van der Waals surface area contributed by atoms with Crippen LogP contribution in [-0.4, -0.2) is 86.0 Å². The van der Waals surface area contributed by atoms with Crippen LogP contribution in [0.4, 0.5) is 11.4 Å². The summed E-state index contributed by atoms with van der Waals surface area (Å²) in [5.41, 5.74) is 5.17. The number of carbonyl (C=O) groups excluding carboxylic acids is 1. The number of anilines is 2. The second-order valence-electron chi connectivity index (χ2n) is 10.6. The first kappa shape index (κ1) is 29.8. The third-order valence-corrected chi connectivity index (χ3v) is 7.84. The lowest BCUT2D eigenvalue weighted by Gasteiger charge is -2.30. The largest absolute Gasteiger partial charge is 0.372 e. The van der Waals surface area contributed by atoms with Gasteiger partial charge in [0.05, 0.1) is 0 Å². The predicted molar refractivity (Wildman–Crippen MR) is 170 cm³/mol. The van der Waals surface area contributed by atoms with Crippen LogP contribution >= 0.6 is 0 Å². The maximum Gasteiger partial charge on any atom is 0.244 e. The summed E-state index contributed by atoms with van der Waals surface area (Å²) in [7, 11) is 0. The summed E-state index contributed by atoms with van der Waals surface area (Å²) < 4.78 is 0. The SMILES string of the molecule is C=N/C=C\N(CC)/C(NC(C)C(=O)N1CCCN(c2ccncc2C)CC1)=C(\N=C)c1ccc(N2CCCC2)cc1. The van der Waals surface area contributed by atoms with E-state index < -0.39 is 6.04 Å². The highest BCUT2D eigenvalue weighted by molar-refractivity contribution is 5.82. The van der Waals surface area contributed by atoms with Crippen LogP contribution in [-0.2, 0) is 4.79 Å². The highest BCUT2D eigenvalue weighted by Crippen LogP contribution is 2.27. The molecule has 41 heavy (non-hydrogen) atoms. The van der Waals surface area contributed by atoms with Gasteiger partial charge in [0.25, 0.3) is 0 Å². The van der Waals surface area contributed by atoms with Gasteiger partial charge in [0.2, 0.25) is 5.91 Å². The van der Waals surface area contributed by atoms with Gasteiger partial charge in [-0.05, 0) is 77.2 Å². The molecule has 1 unspecified atom stereocenters. The molecular formula is C32H44N8O. The van der Waals surface area contributed by atoms with E-state index in [1.54, 1.807) is 6.20 Å². The van der Waals surface area contributed by atoms with Crippen LogP contribution in [0.1, 0.15) is 44.2 Å². The van der Waals surface area contributed by atoms with E-state index in [-0.39, 0.29) is 5.91 Å². The fourth-order valence-electron chi connectivity index (χ4n) is 5.60. The fraction of sp³-hybridized carbons (Fsp3) is 0.438. The summed E-state index contributed by atoms with van der Waals surface area (Å²) in [6.45, 7) is 19.4. The van der Waals surface area contributed by atoms with Gasteiger partial charge in [-0.2, -0.15) is 0 Å². The molecular weight excluding hydrogens is 512 g/mol. The van der Waals surface area contributed by atoms with Crippen LogP contribution in [0.2, 0.25) is 0 Å². The van der Waals surface area contributed by atoms with E-state index in [0.717, 1.165) is 43.7 Å². The summed E-state index contributed by atoms with van der Waals surface area (Å²) in [5.74, 6) is 0.770. The Hall–Kier alpha value is -4.14. The standard InChI is InChI=1S/C32H44N8O/c1-6-37(21-16-33-4)31(30(34-5)27-10-12-28(13-11-27)38-17-7-8-18-38)36-26(3)32(41)40-20-9-19-39(22-23-40)29-14-15-35-24-25(29)2/h10-16,21,24,26,36H,4-9,17-20,22-23H2,1-3H3/b21-16-,31-30-. The molecule has 0 bridgehead atoms. The summed E-state index contributed by atoms with van der Waals surface area (Å²) in [6.07, 6.45) is 10.6. The molecule has 0 radical (unpaired) electrons. The van der Waals surface area contributed by atoms with Gasteiger partial charge >= 0.3 is 0 Å². The molecule has 1 amide bonds. The van der Waals surface area contributed by atoms with Crippen LogP contribution in [0.3, 0.4) is 0 Å². The maximum absolute atomic E-state index is 13.8. The Morgan fingerprint density at radius 1 is 1.05 bits per heavy atom. The van der Waals surface area contributed by atoms with Gasteiger partial charge in [-0.15, -0.1) is 0 Å². The van der Waals surface area contributed by atoms with Crippen molar-refractivity contribution in [1.82, 2.24) is 20.1 Å². The Kier molecular flexibility index (Phi) is 10.5. The molecule has 1 aromatic heterocycles. The summed E-state index contributed by atoms with van der Waals surface area (Å²) in [6, 6.07) is 10.0. The van der Waals surface area contributed by atoms with Crippen molar-refractivity contribution in [2.24, 2.45) is 9.98 Å². The van der Waals surface area contributed by atoms with Gasteiger partial charge in [-0.25, -0.2) is 0 Å². The molecule has 218 valence electrons. The molecule has 2 aliphatic heterocycles. The van der Waals surface area contributed by atoms with Crippen LogP contribution < -0.4 is 15.1 Å². The van der Waals surface area contributed by atoms with Crippen molar-refractivity contribution in [2.45, 2.75) is 46.1 Å². The lowest BCUT2D eigenvalue weighted by atomic mass is 10.1. The van der Waals surface area contributed by atoms with Crippen molar-refractivity contribution >= 4 is 36.4 Å². The number of rotatable bonds is 11. The minimum Gasteiger partial charge on any atom is -0.372 e. The first-order chi connectivity index (χ1) is 20.0. The zero-order valence-electron chi connectivity index (χ0n) is 24.8. The smallest absolute Gasteiger partial charge is 0.244 e. The van der Waals surface area contributed by atoms with E-state index in [0.29, 0.717) is 31.2 Å². The van der Waals surface area contributed by atoms with Gasteiger partial charge in [0, 0.05) is 87.5 Å². The summed E-state index contributed by atoms with van der Waals surface area (Å²) >= 11 is 0. The number of carbonyl (C=O) groups is 1. The monoisotopic (exact) mass is 556 g/mol. The number of aryl methyl sites for hydroxylation is 1. The van der Waals surface area contributed by atoms with Gasteiger partial charge in [-0.3, -0.25) is 19.8 Å². The van der Waals surface area contributed by atoms with E-state index in [4.69, 9.17) is 0 Å². The normalized spacial score (nSPS) is 17.2. The number of hydrogen-bond acceptors (Lipinski definition) is 8. The predicted octanol–water partition coefficient (Wildman–Crippen LogP) is 4.53. The third kappa shape index (κ3) is 7.34. The van der Waals surface area contributed by atoms with Gasteiger partial charge in [0.15, 0.2) is 0 Å². The van der Waals surface area contributed by atoms with Crippen molar-refractivity contribution in [3.8, 4) is 0 Å². The maximum atomic E-state index is 13.8. The van der Waals surface area contributed by atoms with E-state index in [1.807, 2.05) is 42.2 Å². The van der Waals surface area contributed by atoms with Crippen LogP contribution in [0.5, 0.6) is 0 Å². The third-order valence-electron chi connectivity index (χ3n) is 7.84. The number of nitrogens with one attached hydrogen (secondary N) is 1. The average Bonchev–Trinajstić information content (AvgIpc) is 3.43. The molecule has 0 spiro atoms. The Balaban J connectivity index is 1.55. The molecule has 0 aliphatic carbocycles. The molecule has 3 heterocycles. The number of hydrogen-bond donors (Lipinski definition) is 1. The lowest BCUT2D eigenvalue weighted by molar-refractivity contribution is -0.132. The highest BCUT2D eigenvalue weighted by atomic mass is 16.2. The first-order valence-corrected chi connectivity index (χ1v) is 14.6. The molecule has 2 fully saturated rings. The summed E-state index contributed by atoms with van der Waals surface area (Å²) in [4.78, 5) is 35.0. The number of aromatic nitrogens is 1. The van der Waals surface area contributed by atoms with Crippen molar-refractivity contribution in [1.29, 1.82) is 0 Å². The fourth-order valence-corrected chi connectivity index (χ4v) is 5.60. The molecule has 9 nitrogen and oxygen atoms in total. The number of aliphatic imine (C=N–C) groups is 2. The molecule has 2 saturated heterocycles. The minimum atomic E-state index is -0.473. The number of pyridine rings is 1. The van der Waals surface area contributed by atoms with Crippen LogP contribution in [0.15, 0.2) is 70.9 Å². The topological polar surface area (TPSA) is 79.7 Å². The second-order valence-corrected chi connectivity index (χ2v) is 10.6. The molecule has 2 aliphatic rings. The van der Waals surface area contributed by atoms with E-state index in [9.17, 15) is 4.79 Å². The summed E-state index contributed by atoms with van der Waals surface area (Å²) in [5, 5.41) is 3.50. The quantitative estimate of drug-likeness (QED) is 0.410. The second kappa shape index (κ2) is 14.5. The Labute approximate surface area is 245 Å².